The Morgan fingerprint density at radius 1 is 1.41 bits per heavy atom. The van der Waals surface area contributed by atoms with Crippen molar-refractivity contribution in [3.63, 3.8) is 0 Å². The molecule has 0 spiro atoms. The summed E-state index contributed by atoms with van der Waals surface area (Å²) in [6.45, 7) is 4.24. The minimum absolute atomic E-state index is 0.0188. The number of methoxy groups -OCH3 is 1. The first kappa shape index (κ1) is 14.5. The van der Waals surface area contributed by atoms with Crippen LogP contribution in [0.15, 0.2) is 0 Å². The van der Waals surface area contributed by atoms with Crippen LogP contribution in [0.2, 0.25) is 0 Å². The number of carbonyl (C=O) groups excluding carboxylic acids is 1. The summed E-state index contributed by atoms with van der Waals surface area (Å²) >= 11 is 0. The van der Waals surface area contributed by atoms with Crippen LogP contribution in [0.4, 0.5) is 0 Å². The smallest absolute Gasteiger partial charge is 0.311 e. The Bertz CT molecular complexity index is 253. The fourth-order valence-electron chi connectivity index (χ4n) is 3.02. The van der Waals surface area contributed by atoms with Gasteiger partial charge in [0.25, 0.3) is 0 Å². The van der Waals surface area contributed by atoms with Gasteiger partial charge in [-0.15, -0.1) is 0 Å². The van der Waals surface area contributed by atoms with Gasteiger partial charge >= 0.3 is 5.97 Å². The monoisotopic (exact) mass is 243 g/mol. The lowest BCUT2D eigenvalue weighted by Gasteiger charge is -2.29. The molecule has 100 valence electrons. The third-order valence-electron chi connectivity index (χ3n) is 4.25. The molecule has 0 aliphatic heterocycles. The molecule has 1 aliphatic carbocycles. The highest BCUT2D eigenvalue weighted by Gasteiger charge is 2.43. The van der Waals surface area contributed by atoms with Crippen LogP contribution < -0.4 is 5.73 Å². The maximum atomic E-state index is 11.5. The lowest BCUT2D eigenvalue weighted by atomic mass is 9.83. The van der Waals surface area contributed by atoms with Gasteiger partial charge in [0.1, 0.15) is 0 Å². The summed E-state index contributed by atoms with van der Waals surface area (Å²) in [5, 5.41) is 10.2. The van der Waals surface area contributed by atoms with Gasteiger partial charge in [-0.2, -0.15) is 0 Å². The standard InChI is InChI=1S/C13H25NO3/c1-4-8(5-2)11(14)9-6-7-10(12(9)15)13(16)17-3/h8-12,15H,4-7,14H2,1-3H3/t9-,10+,11?,12+/m1/s1. The van der Waals surface area contributed by atoms with E-state index in [1.54, 1.807) is 0 Å². The summed E-state index contributed by atoms with van der Waals surface area (Å²) in [5.74, 6) is -0.239. The predicted molar refractivity (Wildman–Crippen MR) is 66.3 cm³/mol. The Balaban J connectivity index is 2.65. The molecule has 0 amide bonds. The fraction of sp³-hybridized carbons (Fsp3) is 0.923. The number of nitrogens with two attached hydrogens (primary N) is 1. The maximum absolute atomic E-state index is 11.5. The van der Waals surface area contributed by atoms with Crippen molar-refractivity contribution in [2.45, 2.75) is 51.7 Å². The Kier molecular flexibility index (Phi) is 5.40. The summed E-state index contributed by atoms with van der Waals surface area (Å²) < 4.78 is 4.71. The minimum Gasteiger partial charge on any atom is -0.469 e. The molecule has 0 aromatic heterocycles. The molecule has 0 bridgehead atoms. The van der Waals surface area contributed by atoms with Crippen molar-refractivity contribution in [1.29, 1.82) is 0 Å². The molecular weight excluding hydrogens is 218 g/mol. The largest absolute Gasteiger partial charge is 0.469 e. The topological polar surface area (TPSA) is 72.6 Å². The molecule has 0 aromatic carbocycles. The van der Waals surface area contributed by atoms with E-state index in [9.17, 15) is 9.90 Å². The third kappa shape index (κ3) is 2.99. The first-order valence-corrected chi connectivity index (χ1v) is 6.58. The zero-order chi connectivity index (χ0) is 13.0. The molecule has 4 nitrogen and oxygen atoms in total. The molecule has 1 unspecified atom stereocenters. The van der Waals surface area contributed by atoms with Crippen LogP contribution in [0.25, 0.3) is 0 Å². The number of esters is 1. The summed E-state index contributed by atoms with van der Waals surface area (Å²) in [5.41, 5.74) is 6.23. The van der Waals surface area contributed by atoms with Crippen LogP contribution in [0, 0.1) is 17.8 Å². The second-order valence-corrected chi connectivity index (χ2v) is 5.02. The van der Waals surface area contributed by atoms with E-state index in [4.69, 9.17) is 10.5 Å². The van der Waals surface area contributed by atoms with E-state index in [1.807, 2.05) is 0 Å². The van der Waals surface area contributed by atoms with Crippen molar-refractivity contribution in [2.24, 2.45) is 23.5 Å². The van der Waals surface area contributed by atoms with Gasteiger partial charge in [0.2, 0.25) is 0 Å². The van der Waals surface area contributed by atoms with E-state index in [1.165, 1.54) is 7.11 Å². The van der Waals surface area contributed by atoms with Crippen molar-refractivity contribution >= 4 is 5.97 Å². The van der Waals surface area contributed by atoms with Crippen molar-refractivity contribution in [3.05, 3.63) is 0 Å². The Morgan fingerprint density at radius 3 is 2.47 bits per heavy atom. The van der Waals surface area contributed by atoms with Crippen LogP contribution in [0.3, 0.4) is 0 Å². The molecule has 4 atom stereocenters. The van der Waals surface area contributed by atoms with Gasteiger partial charge in [-0.1, -0.05) is 26.7 Å². The second-order valence-electron chi connectivity index (χ2n) is 5.02. The van der Waals surface area contributed by atoms with Crippen molar-refractivity contribution in [3.8, 4) is 0 Å². The first-order valence-electron chi connectivity index (χ1n) is 6.58. The van der Waals surface area contributed by atoms with E-state index in [2.05, 4.69) is 13.8 Å². The van der Waals surface area contributed by atoms with Gasteiger partial charge in [-0.3, -0.25) is 4.79 Å². The number of hydrogen-bond donors (Lipinski definition) is 2. The molecule has 0 radical (unpaired) electrons. The molecule has 1 rings (SSSR count). The molecule has 0 saturated heterocycles. The molecule has 17 heavy (non-hydrogen) atoms. The number of aliphatic hydroxyl groups excluding tert-OH is 1. The summed E-state index contributed by atoms with van der Waals surface area (Å²) in [7, 11) is 1.36. The van der Waals surface area contributed by atoms with Gasteiger partial charge in [-0.25, -0.2) is 0 Å². The van der Waals surface area contributed by atoms with Gasteiger partial charge in [-0.05, 0) is 18.8 Å². The number of rotatable bonds is 5. The first-order chi connectivity index (χ1) is 8.06. The quantitative estimate of drug-likeness (QED) is 0.714. The Morgan fingerprint density at radius 2 is 2.00 bits per heavy atom. The van der Waals surface area contributed by atoms with Crippen LogP contribution in [0.1, 0.15) is 39.5 Å². The van der Waals surface area contributed by atoms with E-state index in [-0.39, 0.29) is 23.8 Å². The third-order valence-corrected chi connectivity index (χ3v) is 4.25. The van der Waals surface area contributed by atoms with E-state index in [0.29, 0.717) is 12.3 Å². The summed E-state index contributed by atoms with van der Waals surface area (Å²) in [6, 6.07) is -0.0188. The minimum atomic E-state index is -0.641. The van der Waals surface area contributed by atoms with Gasteiger partial charge < -0.3 is 15.6 Å². The number of carbonyl (C=O) groups is 1. The van der Waals surface area contributed by atoms with Crippen LogP contribution >= 0.6 is 0 Å². The highest BCUT2D eigenvalue weighted by atomic mass is 16.5. The molecule has 4 heteroatoms. The normalized spacial score (nSPS) is 30.6. The molecule has 1 saturated carbocycles. The predicted octanol–water partition coefficient (Wildman–Crippen LogP) is 1.31. The average Bonchev–Trinajstić information content (AvgIpc) is 2.71. The lowest BCUT2D eigenvalue weighted by Crippen LogP contribution is -2.43. The molecule has 0 heterocycles. The average molecular weight is 243 g/mol. The SMILES string of the molecule is CCC(CC)C(N)[C@H]1CC[C@H](C(=O)OC)[C@H]1O. The Labute approximate surface area is 104 Å². The lowest BCUT2D eigenvalue weighted by molar-refractivity contribution is -0.149. The second kappa shape index (κ2) is 6.36. The highest BCUT2D eigenvalue weighted by Crippen LogP contribution is 2.36. The van der Waals surface area contributed by atoms with Gasteiger partial charge in [0.15, 0.2) is 0 Å². The molecule has 1 fully saturated rings. The molecule has 3 N–H and O–H groups in total. The van der Waals surface area contributed by atoms with Crippen LogP contribution in [0.5, 0.6) is 0 Å². The van der Waals surface area contributed by atoms with Crippen molar-refractivity contribution in [2.75, 3.05) is 7.11 Å². The molecule has 0 aromatic rings. The fourth-order valence-corrected chi connectivity index (χ4v) is 3.02. The highest BCUT2D eigenvalue weighted by molar-refractivity contribution is 5.73. The van der Waals surface area contributed by atoms with Crippen molar-refractivity contribution < 1.29 is 14.6 Å². The van der Waals surface area contributed by atoms with E-state index >= 15 is 0 Å². The molecular formula is C13H25NO3. The number of aliphatic hydroxyl groups is 1. The Hall–Kier alpha value is -0.610. The maximum Gasteiger partial charge on any atom is 0.311 e. The summed E-state index contributed by atoms with van der Waals surface area (Å²) in [4.78, 5) is 11.5. The molecule has 1 aliphatic rings. The zero-order valence-corrected chi connectivity index (χ0v) is 11.1. The number of ether oxygens (including phenoxy) is 1. The van der Waals surface area contributed by atoms with E-state index in [0.717, 1.165) is 19.3 Å². The van der Waals surface area contributed by atoms with Crippen molar-refractivity contribution in [1.82, 2.24) is 0 Å². The van der Waals surface area contributed by atoms with Gasteiger partial charge in [0, 0.05) is 12.0 Å². The van der Waals surface area contributed by atoms with Crippen LogP contribution in [-0.2, 0) is 9.53 Å². The van der Waals surface area contributed by atoms with E-state index < -0.39 is 6.10 Å². The summed E-state index contributed by atoms with van der Waals surface area (Å²) in [6.07, 6.45) is 2.90. The number of hydrogen-bond acceptors (Lipinski definition) is 4. The van der Waals surface area contributed by atoms with Crippen LogP contribution in [-0.4, -0.2) is 30.3 Å². The zero-order valence-electron chi connectivity index (χ0n) is 11.1. The van der Waals surface area contributed by atoms with Gasteiger partial charge in [0.05, 0.1) is 19.1 Å².